The van der Waals surface area contributed by atoms with Crippen LogP contribution in [0.15, 0.2) is 42.5 Å². The lowest BCUT2D eigenvalue weighted by Crippen LogP contribution is -2.39. The Hall–Kier alpha value is -3.02. The second-order valence-corrected chi connectivity index (χ2v) is 6.90. The van der Waals surface area contributed by atoms with Crippen molar-refractivity contribution in [3.05, 3.63) is 59.2 Å². The molecule has 0 bridgehead atoms. The Morgan fingerprint density at radius 2 is 1.72 bits per heavy atom. The lowest BCUT2D eigenvalue weighted by Gasteiger charge is -2.21. The first kappa shape index (κ1) is 22.3. The number of rotatable bonds is 10. The standard InChI is InChI=1S/C23H30N2O4/c1-17-7-5-6-8-20(17)16-23(27)24-12-14-25(18(2)26)13-11-19-9-10-21(28-3)22(15-19)29-4/h5-10,15H,11-14,16H2,1-4H3,(H,24,27). The summed E-state index contributed by atoms with van der Waals surface area (Å²) in [4.78, 5) is 25.9. The third-order valence-electron chi connectivity index (χ3n) is 4.88. The molecule has 0 radical (unpaired) electrons. The van der Waals surface area contributed by atoms with Gasteiger partial charge in [0.1, 0.15) is 0 Å². The fourth-order valence-electron chi connectivity index (χ4n) is 3.10. The van der Waals surface area contributed by atoms with E-state index in [-0.39, 0.29) is 11.8 Å². The molecular formula is C23H30N2O4. The molecule has 156 valence electrons. The van der Waals surface area contributed by atoms with Gasteiger partial charge in [-0.1, -0.05) is 30.3 Å². The minimum Gasteiger partial charge on any atom is -0.493 e. The number of nitrogens with zero attached hydrogens (tertiary/aromatic N) is 1. The molecule has 1 N–H and O–H groups in total. The van der Waals surface area contributed by atoms with Crippen LogP contribution in [-0.4, -0.2) is 50.6 Å². The van der Waals surface area contributed by atoms with E-state index in [1.165, 1.54) is 0 Å². The zero-order chi connectivity index (χ0) is 21.2. The second-order valence-electron chi connectivity index (χ2n) is 6.90. The summed E-state index contributed by atoms with van der Waals surface area (Å²) in [5.74, 6) is 1.29. The molecule has 2 aromatic rings. The van der Waals surface area contributed by atoms with Crippen molar-refractivity contribution in [2.45, 2.75) is 26.7 Å². The van der Waals surface area contributed by atoms with Gasteiger partial charge in [0, 0.05) is 26.6 Å². The number of methoxy groups -OCH3 is 2. The summed E-state index contributed by atoms with van der Waals surface area (Å²) < 4.78 is 10.6. The Kier molecular flexibility index (Phi) is 8.52. The van der Waals surface area contributed by atoms with E-state index in [4.69, 9.17) is 9.47 Å². The van der Waals surface area contributed by atoms with Crippen molar-refractivity contribution in [1.29, 1.82) is 0 Å². The van der Waals surface area contributed by atoms with E-state index < -0.39 is 0 Å². The van der Waals surface area contributed by atoms with Crippen LogP contribution in [0.3, 0.4) is 0 Å². The molecule has 0 aliphatic heterocycles. The molecule has 0 heterocycles. The smallest absolute Gasteiger partial charge is 0.224 e. The summed E-state index contributed by atoms with van der Waals surface area (Å²) in [5, 5.41) is 2.91. The number of benzene rings is 2. The van der Waals surface area contributed by atoms with Gasteiger partial charge in [0.2, 0.25) is 11.8 Å². The largest absolute Gasteiger partial charge is 0.493 e. The molecule has 0 fully saturated rings. The quantitative estimate of drug-likeness (QED) is 0.668. The molecule has 0 aliphatic carbocycles. The van der Waals surface area contributed by atoms with E-state index >= 15 is 0 Å². The highest BCUT2D eigenvalue weighted by Gasteiger charge is 2.11. The zero-order valence-electron chi connectivity index (χ0n) is 17.7. The van der Waals surface area contributed by atoms with E-state index in [2.05, 4.69) is 5.32 Å². The molecule has 0 aromatic heterocycles. The fraction of sp³-hybridized carbons (Fsp3) is 0.391. The van der Waals surface area contributed by atoms with Gasteiger partial charge in [-0.05, 0) is 42.2 Å². The number of carbonyl (C=O) groups excluding carboxylic acids is 2. The van der Waals surface area contributed by atoms with E-state index in [0.717, 1.165) is 16.7 Å². The average Bonchev–Trinajstić information content (AvgIpc) is 2.71. The number of hydrogen-bond acceptors (Lipinski definition) is 4. The van der Waals surface area contributed by atoms with Crippen LogP contribution in [0.1, 0.15) is 23.6 Å². The number of nitrogens with one attached hydrogen (secondary N) is 1. The highest BCUT2D eigenvalue weighted by Crippen LogP contribution is 2.27. The summed E-state index contributed by atoms with van der Waals surface area (Å²) in [7, 11) is 3.20. The van der Waals surface area contributed by atoms with Crippen LogP contribution in [0.2, 0.25) is 0 Å². The van der Waals surface area contributed by atoms with Crippen LogP contribution in [0, 0.1) is 6.92 Å². The van der Waals surface area contributed by atoms with Crippen molar-refractivity contribution < 1.29 is 19.1 Å². The fourth-order valence-corrected chi connectivity index (χ4v) is 3.10. The number of carbonyl (C=O) groups is 2. The monoisotopic (exact) mass is 398 g/mol. The van der Waals surface area contributed by atoms with Crippen molar-refractivity contribution >= 4 is 11.8 Å². The molecule has 2 aromatic carbocycles. The first-order valence-corrected chi connectivity index (χ1v) is 9.72. The van der Waals surface area contributed by atoms with Crippen molar-refractivity contribution in [1.82, 2.24) is 10.2 Å². The van der Waals surface area contributed by atoms with Gasteiger partial charge in [-0.15, -0.1) is 0 Å². The number of aryl methyl sites for hydroxylation is 1. The third-order valence-corrected chi connectivity index (χ3v) is 4.88. The SMILES string of the molecule is COc1ccc(CCN(CCNC(=O)Cc2ccccc2C)C(C)=O)cc1OC. The highest BCUT2D eigenvalue weighted by atomic mass is 16.5. The van der Waals surface area contributed by atoms with Crippen molar-refractivity contribution in [2.24, 2.45) is 0 Å². The normalized spacial score (nSPS) is 10.3. The van der Waals surface area contributed by atoms with Crippen LogP contribution < -0.4 is 14.8 Å². The van der Waals surface area contributed by atoms with Gasteiger partial charge in [-0.3, -0.25) is 9.59 Å². The topological polar surface area (TPSA) is 67.9 Å². The summed E-state index contributed by atoms with van der Waals surface area (Å²) in [6.45, 7) is 5.01. The highest BCUT2D eigenvalue weighted by molar-refractivity contribution is 5.79. The van der Waals surface area contributed by atoms with E-state index in [1.54, 1.807) is 26.0 Å². The third kappa shape index (κ3) is 6.82. The molecule has 2 amide bonds. The zero-order valence-corrected chi connectivity index (χ0v) is 17.7. The maximum atomic E-state index is 12.2. The minimum atomic E-state index is -0.0392. The Morgan fingerprint density at radius 3 is 2.38 bits per heavy atom. The Bertz CT molecular complexity index is 835. The molecule has 6 nitrogen and oxygen atoms in total. The van der Waals surface area contributed by atoms with Gasteiger partial charge in [-0.2, -0.15) is 0 Å². The van der Waals surface area contributed by atoms with Gasteiger partial charge in [0.05, 0.1) is 20.6 Å². The van der Waals surface area contributed by atoms with Gasteiger partial charge in [0.15, 0.2) is 11.5 Å². The maximum absolute atomic E-state index is 12.2. The first-order valence-electron chi connectivity index (χ1n) is 9.72. The molecule has 0 saturated heterocycles. The van der Waals surface area contributed by atoms with Gasteiger partial charge >= 0.3 is 0 Å². The summed E-state index contributed by atoms with van der Waals surface area (Å²) in [6, 6.07) is 13.6. The van der Waals surface area contributed by atoms with Crippen molar-refractivity contribution in [3.63, 3.8) is 0 Å². The molecule has 2 rings (SSSR count). The summed E-state index contributed by atoms with van der Waals surface area (Å²) >= 11 is 0. The molecular weight excluding hydrogens is 368 g/mol. The average molecular weight is 399 g/mol. The molecule has 0 spiro atoms. The number of amides is 2. The molecule has 29 heavy (non-hydrogen) atoms. The van der Waals surface area contributed by atoms with Crippen molar-refractivity contribution in [3.8, 4) is 11.5 Å². The Balaban J connectivity index is 1.83. The molecule has 0 atom stereocenters. The molecule has 0 unspecified atom stereocenters. The van der Waals surface area contributed by atoms with E-state index in [0.29, 0.717) is 44.0 Å². The van der Waals surface area contributed by atoms with Crippen LogP contribution >= 0.6 is 0 Å². The van der Waals surface area contributed by atoms with Gasteiger partial charge in [-0.25, -0.2) is 0 Å². The summed E-state index contributed by atoms with van der Waals surface area (Å²) in [5.41, 5.74) is 3.17. The first-order chi connectivity index (χ1) is 13.9. The lowest BCUT2D eigenvalue weighted by atomic mass is 10.1. The maximum Gasteiger partial charge on any atom is 0.224 e. The van der Waals surface area contributed by atoms with E-state index in [9.17, 15) is 9.59 Å². The Morgan fingerprint density at radius 1 is 1.00 bits per heavy atom. The van der Waals surface area contributed by atoms with Crippen LogP contribution in [0.5, 0.6) is 11.5 Å². The second kappa shape index (κ2) is 11.1. The van der Waals surface area contributed by atoms with E-state index in [1.807, 2.05) is 49.4 Å². The van der Waals surface area contributed by atoms with Crippen molar-refractivity contribution in [2.75, 3.05) is 33.9 Å². The predicted octanol–water partition coefficient (Wildman–Crippen LogP) is 2.76. The summed E-state index contributed by atoms with van der Waals surface area (Å²) in [6.07, 6.45) is 1.04. The lowest BCUT2D eigenvalue weighted by molar-refractivity contribution is -0.129. The minimum absolute atomic E-state index is 0.0152. The van der Waals surface area contributed by atoms with Gasteiger partial charge < -0.3 is 19.7 Å². The van der Waals surface area contributed by atoms with Crippen LogP contribution in [-0.2, 0) is 22.4 Å². The molecule has 0 saturated carbocycles. The molecule has 6 heteroatoms. The van der Waals surface area contributed by atoms with Crippen LogP contribution in [0.25, 0.3) is 0 Å². The van der Waals surface area contributed by atoms with Gasteiger partial charge in [0.25, 0.3) is 0 Å². The number of ether oxygens (including phenoxy) is 2. The Labute approximate surface area is 172 Å². The predicted molar refractivity (Wildman–Crippen MR) is 113 cm³/mol. The van der Waals surface area contributed by atoms with Crippen LogP contribution in [0.4, 0.5) is 0 Å². The molecule has 0 aliphatic rings. The number of hydrogen-bond donors (Lipinski definition) is 1.